The summed E-state index contributed by atoms with van der Waals surface area (Å²) in [6.07, 6.45) is 3.18. The molecular formula is C19H20O4. The van der Waals surface area contributed by atoms with Gasteiger partial charge < -0.3 is 14.6 Å². The lowest BCUT2D eigenvalue weighted by atomic mass is 10.1. The lowest BCUT2D eigenvalue weighted by Crippen LogP contribution is -2.08. The van der Waals surface area contributed by atoms with Crippen LogP contribution in [0.3, 0.4) is 0 Å². The Kier molecular flexibility index (Phi) is 5.41. The van der Waals surface area contributed by atoms with Crippen LogP contribution in [-0.2, 0) is 0 Å². The standard InChI is InChI=1S/C19H20O4/c1-13(2)23-19-15(5-4-6-18(19)22-3)9-12-17(21)14-7-10-16(20)11-8-14/h4-13,20H,1-3H3/b12-9+. The van der Waals surface area contributed by atoms with E-state index in [0.29, 0.717) is 17.1 Å². The molecule has 1 N–H and O–H groups in total. The number of ether oxygens (including phenoxy) is 2. The second-order valence-corrected chi connectivity index (χ2v) is 5.29. The first kappa shape index (κ1) is 16.6. The highest BCUT2D eigenvalue weighted by Gasteiger charge is 2.11. The summed E-state index contributed by atoms with van der Waals surface area (Å²) in [6, 6.07) is 11.7. The van der Waals surface area contributed by atoms with Crippen LogP contribution in [-0.4, -0.2) is 24.1 Å². The predicted molar refractivity (Wildman–Crippen MR) is 90.2 cm³/mol. The Morgan fingerprint density at radius 1 is 1.13 bits per heavy atom. The monoisotopic (exact) mass is 312 g/mol. The van der Waals surface area contributed by atoms with Gasteiger partial charge in [0.1, 0.15) is 5.75 Å². The molecule has 0 aromatic heterocycles. The van der Waals surface area contributed by atoms with E-state index in [9.17, 15) is 9.90 Å². The minimum absolute atomic E-state index is 0.00810. The molecule has 0 fully saturated rings. The zero-order chi connectivity index (χ0) is 16.8. The van der Waals surface area contributed by atoms with Crippen molar-refractivity contribution >= 4 is 11.9 Å². The van der Waals surface area contributed by atoms with Crippen LogP contribution >= 0.6 is 0 Å². The van der Waals surface area contributed by atoms with Crippen molar-refractivity contribution in [3.63, 3.8) is 0 Å². The molecule has 0 heterocycles. The maximum absolute atomic E-state index is 12.2. The van der Waals surface area contributed by atoms with Crippen LogP contribution in [0.15, 0.2) is 48.5 Å². The number of hydrogen-bond donors (Lipinski definition) is 1. The van der Waals surface area contributed by atoms with Crippen LogP contribution in [0.4, 0.5) is 0 Å². The van der Waals surface area contributed by atoms with Crippen molar-refractivity contribution in [2.24, 2.45) is 0 Å². The van der Waals surface area contributed by atoms with Gasteiger partial charge in [0.05, 0.1) is 13.2 Å². The van der Waals surface area contributed by atoms with Crippen LogP contribution in [0.5, 0.6) is 17.2 Å². The molecule has 0 amide bonds. The van der Waals surface area contributed by atoms with Crippen LogP contribution in [0.1, 0.15) is 29.8 Å². The fraction of sp³-hybridized carbons (Fsp3) is 0.211. The van der Waals surface area contributed by atoms with Crippen LogP contribution in [0, 0.1) is 0 Å². The minimum Gasteiger partial charge on any atom is -0.508 e. The summed E-state index contributed by atoms with van der Waals surface area (Å²) >= 11 is 0. The first-order valence-electron chi connectivity index (χ1n) is 7.36. The minimum atomic E-state index is -0.150. The highest BCUT2D eigenvalue weighted by molar-refractivity contribution is 6.07. The van der Waals surface area contributed by atoms with Crippen molar-refractivity contribution in [3.05, 3.63) is 59.7 Å². The van der Waals surface area contributed by atoms with Gasteiger partial charge in [-0.3, -0.25) is 4.79 Å². The van der Waals surface area contributed by atoms with E-state index < -0.39 is 0 Å². The molecule has 0 spiro atoms. The molecule has 2 aromatic carbocycles. The molecule has 0 aliphatic heterocycles. The number of rotatable bonds is 6. The van der Waals surface area contributed by atoms with Gasteiger partial charge in [0, 0.05) is 11.1 Å². The zero-order valence-corrected chi connectivity index (χ0v) is 13.4. The smallest absolute Gasteiger partial charge is 0.185 e. The third kappa shape index (κ3) is 4.36. The van der Waals surface area contributed by atoms with E-state index in [1.54, 1.807) is 25.3 Å². The Bertz CT molecular complexity index is 700. The maximum Gasteiger partial charge on any atom is 0.185 e. The number of benzene rings is 2. The van der Waals surface area contributed by atoms with Gasteiger partial charge in [-0.2, -0.15) is 0 Å². The van der Waals surface area contributed by atoms with Crippen molar-refractivity contribution in [1.29, 1.82) is 0 Å². The number of ketones is 1. The molecular weight excluding hydrogens is 292 g/mol. The number of carbonyl (C=O) groups excluding carboxylic acids is 1. The van der Waals surface area contributed by atoms with Gasteiger partial charge in [0.15, 0.2) is 17.3 Å². The summed E-state index contributed by atoms with van der Waals surface area (Å²) in [5.41, 5.74) is 1.28. The lowest BCUT2D eigenvalue weighted by Gasteiger charge is -2.15. The summed E-state index contributed by atoms with van der Waals surface area (Å²) in [4.78, 5) is 12.2. The summed E-state index contributed by atoms with van der Waals surface area (Å²) < 4.78 is 11.1. The SMILES string of the molecule is COc1cccc(/C=C/C(=O)c2ccc(O)cc2)c1OC(C)C. The van der Waals surface area contributed by atoms with E-state index in [0.717, 1.165) is 5.56 Å². The molecule has 2 aromatic rings. The molecule has 0 saturated carbocycles. The number of hydrogen-bond acceptors (Lipinski definition) is 4. The molecule has 2 rings (SSSR count). The molecule has 0 bridgehead atoms. The maximum atomic E-state index is 12.2. The van der Waals surface area contributed by atoms with Gasteiger partial charge in [0.25, 0.3) is 0 Å². The number of carbonyl (C=O) groups is 1. The van der Waals surface area contributed by atoms with Gasteiger partial charge in [-0.05, 0) is 56.3 Å². The molecule has 4 nitrogen and oxygen atoms in total. The zero-order valence-electron chi connectivity index (χ0n) is 13.4. The molecule has 23 heavy (non-hydrogen) atoms. The summed E-state index contributed by atoms with van der Waals surface area (Å²) in [5.74, 6) is 1.21. The quantitative estimate of drug-likeness (QED) is 0.645. The molecule has 0 aliphatic carbocycles. The topological polar surface area (TPSA) is 55.8 Å². The second kappa shape index (κ2) is 7.49. The lowest BCUT2D eigenvalue weighted by molar-refractivity contribution is 0.104. The van der Waals surface area contributed by atoms with Crippen molar-refractivity contribution < 1.29 is 19.4 Å². The van der Waals surface area contributed by atoms with Crippen LogP contribution in [0.2, 0.25) is 0 Å². The van der Waals surface area contributed by atoms with E-state index in [1.807, 2.05) is 32.0 Å². The Hall–Kier alpha value is -2.75. The Morgan fingerprint density at radius 2 is 1.83 bits per heavy atom. The van der Waals surface area contributed by atoms with E-state index in [4.69, 9.17) is 9.47 Å². The van der Waals surface area contributed by atoms with Gasteiger partial charge in [-0.1, -0.05) is 12.1 Å². The molecule has 0 saturated heterocycles. The Labute approximate surface area is 136 Å². The number of aromatic hydroxyl groups is 1. The van der Waals surface area contributed by atoms with Crippen molar-refractivity contribution in [1.82, 2.24) is 0 Å². The molecule has 120 valence electrons. The van der Waals surface area contributed by atoms with Crippen molar-refractivity contribution in [3.8, 4) is 17.2 Å². The number of phenolic OH excluding ortho intramolecular Hbond substituents is 1. The summed E-state index contributed by atoms with van der Waals surface area (Å²) in [5, 5.41) is 9.26. The average Bonchev–Trinajstić information content (AvgIpc) is 2.53. The number of phenols is 1. The first-order chi connectivity index (χ1) is 11.0. The number of para-hydroxylation sites is 1. The second-order valence-electron chi connectivity index (χ2n) is 5.29. The van der Waals surface area contributed by atoms with Gasteiger partial charge in [-0.15, -0.1) is 0 Å². The molecule has 0 unspecified atom stereocenters. The van der Waals surface area contributed by atoms with Gasteiger partial charge in [-0.25, -0.2) is 0 Å². The molecule has 0 aliphatic rings. The fourth-order valence-corrected chi connectivity index (χ4v) is 2.07. The first-order valence-corrected chi connectivity index (χ1v) is 7.36. The largest absolute Gasteiger partial charge is 0.508 e. The van der Waals surface area contributed by atoms with Crippen LogP contribution in [0.25, 0.3) is 6.08 Å². The third-order valence-corrected chi connectivity index (χ3v) is 3.15. The highest BCUT2D eigenvalue weighted by atomic mass is 16.5. The highest BCUT2D eigenvalue weighted by Crippen LogP contribution is 2.32. The Balaban J connectivity index is 2.28. The van der Waals surface area contributed by atoms with Gasteiger partial charge in [0.2, 0.25) is 0 Å². The van der Waals surface area contributed by atoms with E-state index >= 15 is 0 Å². The number of methoxy groups -OCH3 is 1. The fourth-order valence-electron chi connectivity index (χ4n) is 2.07. The predicted octanol–water partition coefficient (Wildman–Crippen LogP) is 4.08. The summed E-state index contributed by atoms with van der Waals surface area (Å²) in [7, 11) is 1.58. The molecule has 0 radical (unpaired) electrons. The van der Waals surface area contributed by atoms with E-state index in [2.05, 4.69) is 0 Å². The van der Waals surface area contributed by atoms with Crippen molar-refractivity contribution in [2.75, 3.05) is 7.11 Å². The molecule has 0 atom stereocenters. The third-order valence-electron chi connectivity index (χ3n) is 3.15. The summed E-state index contributed by atoms with van der Waals surface area (Å²) in [6.45, 7) is 3.86. The average molecular weight is 312 g/mol. The molecule has 4 heteroatoms. The Morgan fingerprint density at radius 3 is 2.43 bits per heavy atom. The number of allylic oxidation sites excluding steroid dienone is 1. The van der Waals surface area contributed by atoms with Crippen LogP contribution < -0.4 is 9.47 Å². The van der Waals surface area contributed by atoms with E-state index in [1.165, 1.54) is 18.2 Å². The normalized spacial score (nSPS) is 11.0. The van der Waals surface area contributed by atoms with Crippen molar-refractivity contribution in [2.45, 2.75) is 20.0 Å². The van der Waals surface area contributed by atoms with E-state index in [-0.39, 0.29) is 17.6 Å². The van der Waals surface area contributed by atoms with Gasteiger partial charge >= 0.3 is 0 Å².